The third-order valence-corrected chi connectivity index (χ3v) is 1.32. The molecule has 0 aromatic rings. The Morgan fingerprint density at radius 1 is 0.692 bits per heavy atom. The molecule has 0 rings (SSSR count). The topological polar surface area (TPSA) is 3.24 Å². The molecule has 0 bridgehead atoms. The summed E-state index contributed by atoms with van der Waals surface area (Å²) in [5.41, 5.74) is 0. The van der Waals surface area contributed by atoms with E-state index in [1.165, 1.54) is 0 Å². The molecule has 0 N–H and O–H groups in total. The van der Waals surface area contributed by atoms with Crippen LogP contribution in [0, 0.1) is 19.3 Å². The summed E-state index contributed by atoms with van der Waals surface area (Å²) in [5, 5.41) is 0. The van der Waals surface area contributed by atoms with Crippen LogP contribution in [0.1, 0.15) is 20.8 Å². The first-order chi connectivity index (χ1) is 4.85. The van der Waals surface area contributed by atoms with Crippen molar-refractivity contribution in [1.82, 2.24) is 4.90 Å². The minimum absolute atomic E-state index is 0. The van der Waals surface area contributed by atoms with Gasteiger partial charge in [-0.05, 0) is 0 Å². The molecule has 0 aromatic heterocycles. The summed E-state index contributed by atoms with van der Waals surface area (Å²) >= 11 is 0. The molecule has 0 aliphatic rings. The first-order valence-electron chi connectivity index (χ1n) is 3.91. The average molecular weight is 407 g/mol. The van der Waals surface area contributed by atoms with E-state index < -0.39 is 0 Å². The smallest absolute Gasteiger partial charge is 0 e. The van der Waals surface area contributed by atoms with Crippen LogP contribution in [0.5, 0.6) is 0 Å². The largest absolute Gasteiger partial charge is 0.391 e. The van der Waals surface area contributed by atoms with Crippen LogP contribution >= 0.6 is 0 Å². The van der Waals surface area contributed by atoms with Gasteiger partial charge in [0.15, 0.2) is 0 Å². The number of hydrogen-bond acceptors (Lipinski definition) is 1. The summed E-state index contributed by atoms with van der Waals surface area (Å²) < 4.78 is 0. The molecule has 0 spiro atoms. The van der Waals surface area contributed by atoms with E-state index in [-0.39, 0.29) is 98.1 Å². The van der Waals surface area contributed by atoms with E-state index in [2.05, 4.69) is 44.9 Å². The fourth-order valence-corrected chi connectivity index (χ4v) is 0.998. The first kappa shape index (κ1) is 25.2. The number of hydrogen-bond donors (Lipinski definition) is 0. The maximum Gasteiger partial charge on any atom is 0 e. The van der Waals surface area contributed by atoms with Crippen molar-refractivity contribution in [2.75, 3.05) is 19.6 Å². The fourth-order valence-electron chi connectivity index (χ4n) is 0.998. The molecule has 1 nitrogen and oxygen atoms in total. The summed E-state index contributed by atoms with van der Waals surface area (Å²) in [5.74, 6) is 0. The summed E-state index contributed by atoms with van der Waals surface area (Å²) in [6, 6.07) is 0. The van der Waals surface area contributed by atoms with Crippen LogP contribution in [-0.4, -0.2) is 24.5 Å². The molecule has 0 aliphatic heterocycles. The molecule has 0 fully saturated rings. The van der Waals surface area contributed by atoms with Crippen LogP contribution in [-0.2, 0) is 98.1 Å². The van der Waals surface area contributed by atoms with Crippen molar-refractivity contribution in [3.05, 3.63) is 19.3 Å². The number of nitrogens with zero attached hydrogens (tertiary/aromatic N) is 1. The quantitative estimate of drug-likeness (QED) is 0.609. The van der Waals surface area contributed by atoms with Crippen LogP contribution in [0.2, 0.25) is 0 Å². The van der Waals surface area contributed by atoms with Gasteiger partial charge in [0.1, 0.15) is 0 Å². The van der Waals surface area contributed by atoms with E-state index in [1.54, 1.807) is 0 Å². The zero-order valence-corrected chi connectivity index (χ0v) is 17.5. The van der Waals surface area contributed by atoms with Gasteiger partial charge in [0, 0.05) is 98.1 Å². The van der Waals surface area contributed by atoms with Crippen LogP contribution in [0.3, 0.4) is 0 Å². The second-order valence-corrected chi connectivity index (χ2v) is 2.44. The molecule has 0 unspecified atom stereocenters. The third kappa shape index (κ3) is 17.9. The molecule has 71 valence electrons. The van der Waals surface area contributed by atoms with Gasteiger partial charge in [0.2, 0.25) is 0 Å². The fraction of sp³-hybridized carbons (Fsp3) is 0.667. The first-order valence-corrected chi connectivity index (χ1v) is 3.91. The molecular weight excluding hydrogens is 389 g/mol. The van der Waals surface area contributed by atoms with Gasteiger partial charge in [-0.15, -0.1) is 19.6 Å². The SMILES string of the molecule is C[CH-]CN(C[CH-]C)C[CH-]C.[Y].[Y].[Y]. The molecule has 0 heterocycles. The maximum atomic E-state index is 2.38. The molecule has 0 aromatic carbocycles. The maximum absolute atomic E-state index is 2.38. The van der Waals surface area contributed by atoms with E-state index >= 15 is 0 Å². The van der Waals surface area contributed by atoms with E-state index in [4.69, 9.17) is 0 Å². The van der Waals surface area contributed by atoms with Gasteiger partial charge in [-0.2, -0.15) is 20.8 Å². The molecule has 0 saturated heterocycles. The Bertz CT molecular complexity index is 57.6. The van der Waals surface area contributed by atoms with E-state index in [1.807, 2.05) is 0 Å². The van der Waals surface area contributed by atoms with Crippen LogP contribution in [0.25, 0.3) is 0 Å². The summed E-state index contributed by atoms with van der Waals surface area (Å²) in [7, 11) is 0. The third-order valence-electron chi connectivity index (χ3n) is 1.32. The predicted molar refractivity (Wildman–Crippen MR) is 46.4 cm³/mol. The van der Waals surface area contributed by atoms with Crippen molar-refractivity contribution >= 4 is 0 Å². The summed E-state index contributed by atoms with van der Waals surface area (Å²) in [6.07, 6.45) is 6.56. The van der Waals surface area contributed by atoms with Crippen molar-refractivity contribution in [3.8, 4) is 0 Å². The van der Waals surface area contributed by atoms with Crippen LogP contribution in [0.15, 0.2) is 0 Å². The van der Waals surface area contributed by atoms with Crippen LogP contribution < -0.4 is 0 Å². The summed E-state index contributed by atoms with van der Waals surface area (Å²) in [4.78, 5) is 2.38. The Hall–Kier alpha value is 3.27. The van der Waals surface area contributed by atoms with Crippen molar-refractivity contribution in [2.45, 2.75) is 20.8 Å². The van der Waals surface area contributed by atoms with Gasteiger partial charge in [0.25, 0.3) is 0 Å². The van der Waals surface area contributed by atoms with E-state index in [9.17, 15) is 0 Å². The second kappa shape index (κ2) is 20.7. The Labute approximate surface area is 160 Å². The van der Waals surface area contributed by atoms with E-state index in [0.29, 0.717) is 0 Å². The molecule has 0 saturated carbocycles. The van der Waals surface area contributed by atoms with Gasteiger partial charge in [-0.3, -0.25) is 0 Å². The number of rotatable bonds is 6. The van der Waals surface area contributed by atoms with E-state index in [0.717, 1.165) is 19.6 Å². The van der Waals surface area contributed by atoms with Crippen molar-refractivity contribution in [3.63, 3.8) is 0 Å². The normalized spacial score (nSPS) is 8.31. The Balaban J connectivity index is -0.000000135. The molecular formula is C9H18NY3-3. The van der Waals surface area contributed by atoms with Gasteiger partial charge in [-0.1, -0.05) is 0 Å². The molecule has 0 amide bonds. The zero-order chi connectivity index (χ0) is 7.82. The van der Waals surface area contributed by atoms with Crippen molar-refractivity contribution < 1.29 is 98.1 Å². The standard InChI is InChI=1S/C9H18N.3Y/c1-4-7-10(8-5-2)9-6-3;;;/h4-6H,7-9H2,1-3H3;;;/q-3;;;. The molecule has 0 aliphatic carbocycles. The molecule has 3 radical (unpaired) electrons. The monoisotopic (exact) mass is 407 g/mol. The Morgan fingerprint density at radius 2 is 0.923 bits per heavy atom. The van der Waals surface area contributed by atoms with Crippen LogP contribution in [0.4, 0.5) is 0 Å². The van der Waals surface area contributed by atoms with Gasteiger partial charge in [0.05, 0.1) is 0 Å². The predicted octanol–water partition coefficient (Wildman–Crippen LogP) is 1.95. The zero-order valence-electron chi connectivity index (χ0n) is 9.03. The second-order valence-electron chi connectivity index (χ2n) is 2.44. The minimum Gasteiger partial charge on any atom is -0.391 e. The molecule has 13 heavy (non-hydrogen) atoms. The van der Waals surface area contributed by atoms with Gasteiger partial charge in [-0.25, -0.2) is 0 Å². The Morgan fingerprint density at radius 3 is 1.08 bits per heavy atom. The summed E-state index contributed by atoms with van der Waals surface area (Å²) in [6.45, 7) is 9.56. The van der Waals surface area contributed by atoms with Crippen molar-refractivity contribution in [1.29, 1.82) is 0 Å². The van der Waals surface area contributed by atoms with Gasteiger partial charge < -0.3 is 24.2 Å². The molecule has 0 atom stereocenters. The molecule has 4 heteroatoms. The Kier molecular flexibility index (Phi) is 40.0. The van der Waals surface area contributed by atoms with Crippen molar-refractivity contribution in [2.24, 2.45) is 0 Å². The minimum atomic E-state index is 0. The average Bonchev–Trinajstić information content (AvgIpc) is 1.90. The van der Waals surface area contributed by atoms with Gasteiger partial charge >= 0.3 is 0 Å².